The number of allylic oxidation sites excluding steroid dienone is 6. The average molecular weight is 276 g/mol. The zero-order valence-corrected chi connectivity index (χ0v) is 13.4. The van der Waals surface area contributed by atoms with Gasteiger partial charge in [-0.1, -0.05) is 69.1 Å². The Balaban J connectivity index is 3.32. The molecule has 0 aromatic heterocycles. The minimum absolute atomic E-state index is 0.317. The molecule has 0 aromatic rings. The van der Waals surface area contributed by atoms with Gasteiger partial charge in [-0.05, 0) is 39.0 Å². The summed E-state index contributed by atoms with van der Waals surface area (Å²) in [5.41, 5.74) is 0. The van der Waals surface area contributed by atoms with Crippen molar-refractivity contribution in [3.8, 4) is 0 Å². The van der Waals surface area contributed by atoms with Gasteiger partial charge in [0, 0.05) is 6.42 Å². The molecule has 0 bridgehead atoms. The standard InChI is InChI=1S/C19H32O/c1-3-4-5-6-7-8-9-10-11-12-13-14-15-16-17-18-19(2)20/h7-12H,3-6,13-18H2,1-2H3/b8-7-,10-9+,12-11+. The second-order valence-corrected chi connectivity index (χ2v) is 5.39. The van der Waals surface area contributed by atoms with E-state index in [9.17, 15) is 4.79 Å². The third-order valence-corrected chi connectivity index (χ3v) is 3.23. The van der Waals surface area contributed by atoms with Crippen LogP contribution in [0.15, 0.2) is 36.5 Å². The van der Waals surface area contributed by atoms with Gasteiger partial charge in [0.05, 0.1) is 0 Å². The first-order valence-corrected chi connectivity index (χ1v) is 8.25. The quantitative estimate of drug-likeness (QED) is 0.290. The van der Waals surface area contributed by atoms with Gasteiger partial charge in [0.1, 0.15) is 5.78 Å². The molecule has 114 valence electrons. The molecule has 0 radical (unpaired) electrons. The molecule has 0 unspecified atom stereocenters. The Kier molecular flexibility index (Phi) is 15.1. The smallest absolute Gasteiger partial charge is 0.129 e. The number of hydrogen-bond donors (Lipinski definition) is 0. The number of Topliss-reactive ketones (excluding diaryl/α,β-unsaturated/α-hetero) is 1. The molecule has 0 spiro atoms. The lowest BCUT2D eigenvalue weighted by molar-refractivity contribution is -0.117. The summed E-state index contributed by atoms with van der Waals surface area (Å²) in [6, 6.07) is 0. The number of carbonyl (C=O) groups is 1. The van der Waals surface area contributed by atoms with Crippen molar-refractivity contribution in [2.45, 2.75) is 78.1 Å². The third-order valence-electron chi connectivity index (χ3n) is 3.23. The monoisotopic (exact) mass is 276 g/mol. The summed E-state index contributed by atoms with van der Waals surface area (Å²) in [4.78, 5) is 10.8. The fourth-order valence-corrected chi connectivity index (χ4v) is 1.98. The van der Waals surface area contributed by atoms with Crippen molar-refractivity contribution in [3.05, 3.63) is 36.5 Å². The molecule has 0 heterocycles. The number of ketones is 1. The lowest BCUT2D eigenvalue weighted by Crippen LogP contribution is -1.88. The van der Waals surface area contributed by atoms with E-state index in [1.54, 1.807) is 6.92 Å². The maximum Gasteiger partial charge on any atom is 0.129 e. The van der Waals surface area contributed by atoms with Gasteiger partial charge in [0.15, 0.2) is 0 Å². The first-order valence-electron chi connectivity index (χ1n) is 8.25. The predicted molar refractivity (Wildman–Crippen MR) is 89.9 cm³/mol. The van der Waals surface area contributed by atoms with Crippen molar-refractivity contribution in [1.82, 2.24) is 0 Å². The minimum atomic E-state index is 0.317. The molecule has 0 aliphatic heterocycles. The fraction of sp³-hybridized carbons (Fsp3) is 0.632. The maximum absolute atomic E-state index is 10.8. The van der Waals surface area contributed by atoms with Crippen LogP contribution in [0.1, 0.15) is 78.1 Å². The van der Waals surface area contributed by atoms with Gasteiger partial charge in [-0.3, -0.25) is 0 Å². The zero-order valence-electron chi connectivity index (χ0n) is 13.4. The van der Waals surface area contributed by atoms with Crippen LogP contribution in [0.4, 0.5) is 0 Å². The summed E-state index contributed by atoms with van der Waals surface area (Å²) in [6.07, 6.45) is 24.7. The average Bonchev–Trinajstić information content (AvgIpc) is 2.43. The van der Waals surface area contributed by atoms with Crippen LogP contribution in [0.2, 0.25) is 0 Å². The Labute approximate surface area is 125 Å². The van der Waals surface area contributed by atoms with E-state index in [1.807, 2.05) is 0 Å². The van der Waals surface area contributed by atoms with E-state index in [1.165, 1.54) is 44.9 Å². The highest BCUT2D eigenvalue weighted by molar-refractivity contribution is 5.75. The Morgan fingerprint density at radius 3 is 1.85 bits per heavy atom. The summed E-state index contributed by atoms with van der Waals surface area (Å²) < 4.78 is 0. The number of hydrogen-bond acceptors (Lipinski definition) is 1. The summed E-state index contributed by atoms with van der Waals surface area (Å²) in [6.45, 7) is 3.91. The van der Waals surface area contributed by atoms with Gasteiger partial charge in [-0.2, -0.15) is 0 Å². The number of carbonyl (C=O) groups excluding carboxylic acids is 1. The van der Waals surface area contributed by atoms with E-state index < -0.39 is 0 Å². The molecule has 0 saturated heterocycles. The van der Waals surface area contributed by atoms with Crippen molar-refractivity contribution in [3.63, 3.8) is 0 Å². The third kappa shape index (κ3) is 16.9. The Bertz CT molecular complexity index is 297. The topological polar surface area (TPSA) is 17.1 Å². The van der Waals surface area contributed by atoms with E-state index in [0.717, 1.165) is 19.3 Å². The van der Waals surface area contributed by atoms with Gasteiger partial charge in [-0.25, -0.2) is 0 Å². The molecule has 0 aliphatic rings. The Hall–Kier alpha value is -1.11. The van der Waals surface area contributed by atoms with Crippen LogP contribution in [-0.4, -0.2) is 5.78 Å². The van der Waals surface area contributed by atoms with Crippen molar-refractivity contribution in [1.29, 1.82) is 0 Å². The molecule has 0 atom stereocenters. The highest BCUT2D eigenvalue weighted by Crippen LogP contribution is 2.06. The maximum atomic E-state index is 10.8. The van der Waals surface area contributed by atoms with Crippen LogP contribution >= 0.6 is 0 Å². The van der Waals surface area contributed by atoms with E-state index in [2.05, 4.69) is 43.4 Å². The Morgan fingerprint density at radius 2 is 1.30 bits per heavy atom. The number of unbranched alkanes of at least 4 members (excludes halogenated alkanes) is 7. The van der Waals surface area contributed by atoms with Crippen LogP contribution in [0.5, 0.6) is 0 Å². The second-order valence-electron chi connectivity index (χ2n) is 5.39. The summed E-state index contributed by atoms with van der Waals surface area (Å²) in [7, 11) is 0. The van der Waals surface area contributed by atoms with E-state index >= 15 is 0 Å². The molecular weight excluding hydrogens is 244 g/mol. The minimum Gasteiger partial charge on any atom is -0.300 e. The van der Waals surface area contributed by atoms with Gasteiger partial charge in [-0.15, -0.1) is 0 Å². The van der Waals surface area contributed by atoms with E-state index in [0.29, 0.717) is 5.78 Å². The molecular formula is C19H32O. The summed E-state index contributed by atoms with van der Waals surface area (Å²) in [5.74, 6) is 0.317. The van der Waals surface area contributed by atoms with Crippen molar-refractivity contribution >= 4 is 5.78 Å². The van der Waals surface area contributed by atoms with Crippen molar-refractivity contribution < 1.29 is 4.79 Å². The lowest BCUT2D eigenvalue weighted by Gasteiger charge is -1.96. The van der Waals surface area contributed by atoms with Crippen LogP contribution in [0.3, 0.4) is 0 Å². The molecule has 0 fully saturated rings. The van der Waals surface area contributed by atoms with Crippen molar-refractivity contribution in [2.75, 3.05) is 0 Å². The summed E-state index contributed by atoms with van der Waals surface area (Å²) >= 11 is 0. The zero-order chi connectivity index (χ0) is 14.9. The van der Waals surface area contributed by atoms with Gasteiger partial charge in [0.25, 0.3) is 0 Å². The molecule has 1 nitrogen and oxygen atoms in total. The molecule has 1 heteroatoms. The van der Waals surface area contributed by atoms with Gasteiger partial charge < -0.3 is 4.79 Å². The van der Waals surface area contributed by atoms with Crippen molar-refractivity contribution in [2.24, 2.45) is 0 Å². The molecule has 0 rings (SSSR count). The molecule has 0 saturated carbocycles. The van der Waals surface area contributed by atoms with Crippen LogP contribution in [0, 0.1) is 0 Å². The highest BCUT2D eigenvalue weighted by Gasteiger charge is 1.92. The van der Waals surface area contributed by atoms with Crippen LogP contribution < -0.4 is 0 Å². The van der Waals surface area contributed by atoms with E-state index in [4.69, 9.17) is 0 Å². The van der Waals surface area contributed by atoms with Crippen LogP contribution in [0.25, 0.3) is 0 Å². The first kappa shape index (κ1) is 18.9. The summed E-state index contributed by atoms with van der Waals surface area (Å²) in [5, 5.41) is 0. The molecule has 0 amide bonds. The van der Waals surface area contributed by atoms with Gasteiger partial charge >= 0.3 is 0 Å². The lowest BCUT2D eigenvalue weighted by atomic mass is 10.1. The molecule has 0 aromatic carbocycles. The fourth-order valence-electron chi connectivity index (χ4n) is 1.98. The first-order chi connectivity index (χ1) is 9.77. The van der Waals surface area contributed by atoms with Crippen LogP contribution in [-0.2, 0) is 4.79 Å². The van der Waals surface area contributed by atoms with Gasteiger partial charge in [0.2, 0.25) is 0 Å². The Morgan fingerprint density at radius 1 is 0.750 bits per heavy atom. The second kappa shape index (κ2) is 15.9. The van der Waals surface area contributed by atoms with E-state index in [-0.39, 0.29) is 0 Å². The highest BCUT2D eigenvalue weighted by atomic mass is 16.1. The molecule has 20 heavy (non-hydrogen) atoms. The number of rotatable bonds is 13. The normalized spacial score (nSPS) is 12.1. The predicted octanol–water partition coefficient (Wildman–Crippen LogP) is 6.16. The largest absolute Gasteiger partial charge is 0.300 e. The molecule has 0 aliphatic carbocycles. The molecule has 0 N–H and O–H groups in total. The SMILES string of the molecule is CCCCC\C=C/C=C/C=C/CCCCCCC(C)=O.